The summed E-state index contributed by atoms with van der Waals surface area (Å²) < 4.78 is 24.2. The third-order valence-electron chi connectivity index (χ3n) is 4.14. The molecule has 0 aliphatic heterocycles. The Kier molecular flexibility index (Phi) is 5.85. The molecule has 0 fully saturated rings. The highest BCUT2D eigenvalue weighted by Gasteiger charge is 2.16. The molecular formula is C19H20ClFN3O2+. The lowest BCUT2D eigenvalue weighted by Gasteiger charge is -2.16. The van der Waals surface area contributed by atoms with Crippen LogP contribution in [-0.2, 0) is 13.1 Å². The number of quaternary nitrogens is 1. The fraction of sp³-hybridized carbons (Fsp3) is 0.263. The Morgan fingerprint density at radius 3 is 2.58 bits per heavy atom. The Morgan fingerprint density at radius 2 is 1.92 bits per heavy atom. The highest BCUT2D eigenvalue weighted by Crippen LogP contribution is 2.19. The molecule has 0 amide bonds. The normalized spacial score (nSPS) is 12.2. The molecule has 0 bridgehead atoms. The highest BCUT2D eigenvalue weighted by atomic mass is 35.5. The summed E-state index contributed by atoms with van der Waals surface area (Å²) in [7, 11) is 1.45. The Morgan fingerprint density at radius 1 is 1.15 bits per heavy atom. The van der Waals surface area contributed by atoms with Gasteiger partial charge in [0.25, 0.3) is 5.89 Å². The van der Waals surface area contributed by atoms with Crippen molar-refractivity contribution in [2.75, 3.05) is 13.7 Å². The van der Waals surface area contributed by atoms with E-state index in [1.165, 1.54) is 18.1 Å². The van der Waals surface area contributed by atoms with E-state index in [4.69, 9.17) is 20.9 Å². The fourth-order valence-corrected chi connectivity index (χ4v) is 2.80. The van der Waals surface area contributed by atoms with E-state index in [2.05, 4.69) is 17.1 Å². The third kappa shape index (κ3) is 4.39. The number of halogens is 2. The van der Waals surface area contributed by atoms with Crippen LogP contribution in [0.2, 0.25) is 5.02 Å². The number of aromatic nitrogens is 2. The van der Waals surface area contributed by atoms with Gasteiger partial charge in [-0.25, -0.2) is 4.39 Å². The van der Waals surface area contributed by atoms with Gasteiger partial charge < -0.3 is 14.2 Å². The van der Waals surface area contributed by atoms with Crippen LogP contribution in [0, 0.1) is 5.82 Å². The summed E-state index contributed by atoms with van der Waals surface area (Å²) in [5, 5.41) is 4.69. The molecule has 1 atom stereocenters. The second kappa shape index (κ2) is 8.29. The molecule has 2 aromatic carbocycles. The van der Waals surface area contributed by atoms with Crippen LogP contribution >= 0.6 is 11.6 Å². The second-order valence-corrected chi connectivity index (χ2v) is 6.38. The Balaban J connectivity index is 1.68. The lowest BCUT2D eigenvalue weighted by Crippen LogP contribution is -3.09. The molecule has 1 unspecified atom stereocenters. The number of rotatable bonds is 7. The lowest BCUT2D eigenvalue weighted by molar-refractivity contribution is -0.927. The molecule has 0 radical (unpaired) electrons. The SMILES string of the molecule is CC[NH+](Cc1ccc(OC)c(F)c1)Cc1nc(-c2ccc(Cl)cc2)no1. The zero-order chi connectivity index (χ0) is 18.5. The molecule has 26 heavy (non-hydrogen) atoms. The quantitative estimate of drug-likeness (QED) is 0.688. The largest absolute Gasteiger partial charge is 0.494 e. The van der Waals surface area contributed by atoms with E-state index in [0.717, 1.165) is 17.7 Å². The van der Waals surface area contributed by atoms with Gasteiger partial charge in [-0.2, -0.15) is 4.98 Å². The molecular weight excluding hydrogens is 357 g/mol. The number of hydrogen-bond acceptors (Lipinski definition) is 4. The predicted octanol–water partition coefficient (Wildman–Crippen LogP) is 3.14. The first-order valence-corrected chi connectivity index (χ1v) is 8.71. The molecule has 1 heterocycles. The van der Waals surface area contributed by atoms with Crippen LogP contribution in [0.1, 0.15) is 18.4 Å². The molecule has 1 N–H and O–H groups in total. The zero-order valence-electron chi connectivity index (χ0n) is 14.6. The summed E-state index contributed by atoms with van der Waals surface area (Å²) >= 11 is 5.90. The van der Waals surface area contributed by atoms with Gasteiger partial charge in [-0.1, -0.05) is 16.8 Å². The number of benzene rings is 2. The Hall–Kier alpha value is -2.44. The summed E-state index contributed by atoms with van der Waals surface area (Å²) in [6.45, 7) is 4.11. The first-order valence-electron chi connectivity index (χ1n) is 8.33. The molecule has 3 rings (SSSR count). The van der Waals surface area contributed by atoms with Crippen molar-refractivity contribution in [1.82, 2.24) is 10.1 Å². The Bertz CT molecular complexity index is 867. The van der Waals surface area contributed by atoms with Crippen molar-refractivity contribution >= 4 is 11.6 Å². The summed E-state index contributed by atoms with van der Waals surface area (Å²) in [5.41, 5.74) is 1.73. The first kappa shape index (κ1) is 18.4. The lowest BCUT2D eigenvalue weighted by atomic mass is 10.2. The molecule has 5 nitrogen and oxygen atoms in total. The molecule has 3 aromatic rings. The van der Waals surface area contributed by atoms with Crippen molar-refractivity contribution in [2.24, 2.45) is 0 Å². The van der Waals surface area contributed by atoms with E-state index in [1.54, 1.807) is 18.2 Å². The van der Waals surface area contributed by atoms with Crippen molar-refractivity contribution in [3.63, 3.8) is 0 Å². The van der Waals surface area contributed by atoms with Gasteiger partial charge in [-0.05, 0) is 49.4 Å². The van der Waals surface area contributed by atoms with E-state index >= 15 is 0 Å². The van der Waals surface area contributed by atoms with Crippen molar-refractivity contribution in [3.05, 3.63) is 64.8 Å². The van der Waals surface area contributed by atoms with Crippen LogP contribution in [0.25, 0.3) is 11.4 Å². The zero-order valence-corrected chi connectivity index (χ0v) is 15.4. The maximum absolute atomic E-state index is 13.9. The number of nitrogens with one attached hydrogen (secondary N) is 1. The van der Waals surface area contributed by atoms with E-state index in [9.17, 15) is 4.39 Å². The maximum atomic E-state index is 13.9. The van der Waals surface area contributed by atoms with Crippen LogP contribution in [0.4, 0.5) is 4.39 Å². The summed E-state index contributed by atoms with van der Waals surface area (Å²) in [6, 6.07) is 12.3. The number of methoxy groups -OCH3 is 1. The molecule has 0 aliphatic carbocycles. The fourth-order valence-electron chi connectivity index (χ4n) is 2.68. The molecule has 0 saturated heterocycles. The predicted molar refractivity (Wildman–Crippen MR) is 96.6 cm³/mol. The Labute approximate surface area is 156 Å². The minimum atomic E-state index is -0.358. The minimum absolute atomic E-state index is 0.247. The number of ether oxygens (including phenoxy) is 1. The molecule has 0 spiro atoms. The van der Waals surface area contributed by atoms with Crippen molar-refractivity contribution in [2.45, 2.75) is 20.0 Å². The van der Waals surface area contributed by atoms with Crippen molar-refractivity contribution < 1.29 is 18.6 Å². The van der Waals surface area contributed by atoms with Crippen molar-refractivity contribution in [1.29, 1.82) is 0 Å². The van der Waals surface area contributed by atoms with Crippen LogP contribution in [-0.4, -0.2) is 23.8 Å². The average molecular weight is 377 g/mol. The van der Waals surface area contributed by atoms with Crippen LogP contribution in [0.5, 0.6) is 5.75 Å². The standard InChI is InChI=1S/C19H19ClFN3O2/c1-3-24(11-13-4-9-17(25-2)16(21)10-13)12-18-22-19(23-26-18)14-5-7-15(20)8-6-14/h4-10H,3,11-12H2,1-2H3/p+1. The summed E-state index contributed by atoms with van der Waals surface area (Å²) in [5.74, 6) is 0.961. The summed E-state index contributed by atoms with van der Waals surface area (Å²) in [4.78, 5) is 5.63. The highest BCUT2D eigenvalue weighted by molar-refractivity contribution is 6.30. The van der Waals surface area contributed by atoms with Gasteiger partial charge in [0.1, 0.15) is 6.54 Å². The van der Waals surface area contributed by atoms with Gasteiger partial charge in [-0.15, -0.1) is 0 Å². The van der Waals surface area contributed by atoms with Gasteiger partial charge in [0.05, 0.1) is 13.7 Å². The van der Waals surface area contributed by atoms with Crippen LogP contribution in [0.15, 0.2) is 47.0 Å². The second-order valence-electron chi connectivity index (χ2n) is 5.94. The first-order chi connectivity index (χ1) is 12.6. The number of hydrogen-bond donors (Lipinski definition) is 1. The number of nitrogens with zero attached hydrogens (tertiary/aromatic N) is 2. The van der Waals surface area contributed by atoms with Crippen LogP contribution in [0.3, 0.4) is 0 Å². The molecule has 1 aromatic heterocycles. The minimum Gasteiger partial charge on any atom is -0.494 e. The smallest absolute Gasteiger partial charge is 0.282 e. The van der Waals surface area contributed by atoms with Crippen molar-refractivity contribution in [3.8, 4) is 17.1 Å². The topological polar surface area (TPSA) is 52.6 Å². The monoisotopic (exact) mass is 376 g/mol. The van der Waals surface area contributed by atoms with Gasteiger partial charge >= 0.3 is 0 Å². The summed E-state index contributed by atoms with van der Waals surface area (Å²) in [6.07, 6.45) is 0. The van der Waals surface area contributed by atoms with E-state index in [1.807, 2.05) is 18.2 Å². The van der Waals surface area contributed by atoms with E-state index in [-0.39, 0.29) is 11.6 Å². The van der Waals surface area contributed by atoms with Gasteiger partial charge in [0, 0.05) is 16.1 Å². The van der Waals surface area contributed by atoms with Gasteiger partial charge in [0.2, 0.25) is 5.82 Å². The third-order valence-corrected chi connectivity index (χ3v) is 4.39. The van der Waals surface area contributed by atoms with Gasteiger partial charge in [-0.3, -0.25) is 0 Å². The molecule has 0 saturated carbocycles. The van der Waals surface area contributed by atoms with E-state index < -0.39 is 0 Å². The van der Waals surface area contributed by atoms with Gasteiger partial charge in [0.15, 0.2) is 18.1 Å². The maximum Gasteiger partial charge on any atom is 0.282 e. The van der Waals surface area contributed by atoms with Crippen LogP contribution < -0.4 is 9.64 Å². The molecule has 0 aliphatic rings. The molecule has 136 valence electrons. The van der Waals surface area contributed by atoms with E-state index in [0.29, 0.717) is 29.8 Å². The average Bonchev–Trinajstić information content (AvgIpc) is 3.10. The molecule has 7 heteroatoms.